The lowest BCUT2D eigenvalue weighted by Gasteiger charge is -2.27. The normalized spacial score (nSPS) is 14.0. The molecule has 4 unspecified atom stereocenters. The fourth-order valence-corrected chi connectivity index (χ4v) is 9.63. The van der Waals surface area contributed by atoms with Gasteiger partial charge in [-0.25, -0.2) is 0 Å². The molecule has 0 fully saturated rings. The SMILES string of the molecule is CCCCCCCCCCC/C=C\C/C=C\CCCCCCCCCCCCCCCCC(O)C(=O)NC(CO)C(O)C(O)CCC/C=C/CC/C=C/CCCCCCCCCCCCCCCCC. The van der Waals surface area contributed by atoms with Crippen molar-refractivity contribution in [2.45, 2.75) is 346 Å². The summed E-state index contributed by atoms with van der Waals surface area (Å²) in [6, 6.07) is -1.01. The monoisotopic (exact) mass is 984 g/mol. The van der Waals surface area contributed by atoms with Crippen molar-refractivity contribution in [2.75, 3.05) is 6.61 Å². The molecule has 0 aromatic carbocycles. The molecule has 0 bridgehead atoms. The predicted molar refractivity (Wildman–Crippen MR) is 307 cm³/mol. The molecule has 4 atom stereocenters. The van der Waals surface area contributed by atoms with Crippen LogP contribution in [0.1, 0.15) is 322 Å². The van der Waals surface area contributed by atoms with Crippen molar-refractivity contribution in [3.8, 4) is 0 Å². The van der Waals surface area contributed by atoms with Gasteiger partial charge in [0.25, 0.3) is 0 Å². The molecule has 6 heteroatoms. The minimum atomic E-state index is -1.29. The van der Waals surface area contributed by atoms with Crippen LogP contribution < -0.4 is 5.32 Å². The third-order valence-corrected chi connectivity index (χ3v) is 14.5. The molecular formula is C64H121NO5. The Morgan fingerprint density at radius 3 is 0.986 bits per heavy atom. The van der Waals surface area contributed by atoms with E-state index in [2.05, 4.69) is 67.8 Å². The summed E-state index contributed by atoms with van der Waals surface area (Å²) in [5, 5.41) is 44.1. The standard InChI is InChI=1S/C64H121NO5/c1-3-5-7-9-11-13-15-17-19-21-23-25-27-29-30-31-32-33-34-36-38-40-42-44-46-48-50-52-54-56-58-62(68)64(70)65-60(59-66)63(69)61(67)57-55-53-51-49-47-45-43-41-39-37-35-28-26-24-22-20-18-16-14-12-10-8-6-4-2/h23,25,29-30,41,43,49,51,60-63,66-69H,3-22,24,26-28,31-40,42,44-48,50,52-59H2,1-2H3,(H,65,70)/b25-23-,30-29-,43-41+,51-49+. The van der Waals surface area contributed by atoms with Crippen LogP contribution >= 0.6 is 0 Å². The van der Waals surface area contributed by atoms with Crippen LogP contribution in [0.5, 0.6) is 0 Å². The van der Waals surface area contributed by atoms with Gasteiger partial charge in [-0.1, -0.05) is 287 Å². The van der Waals surface area contributed by atoms with Gasteiger partial charge in [-0.2, -0.15) is 0 Å². The molecule has 70 heavy (non-hydrogen) atoms. The maximum Gasteiger partial charge on any atom is 0.249 e. The first-order valence-electron chi connectivity index (χ1n) is 31.0. The van der Waals surface area contributed by atoms with Crippen molar-refractivity contribution < 1.29 is 25.2 Å². The molecule has 0 heterocycles. The molecular weight excluding hydrogens is 863 g/mol. The van der Waals surface area contributed by atoms with Gasteiger partial charge in [-0.3, -0.25) is 4.79 Å². The quantitative estimate of drug-likeness (QED) is 0.0308. The zero-order valence-corrected chi connectivity index (χ0v) is 46.8. The molecule has 0 saturated carbocycles. The Hall–Kier alpha value is -1.73. The molecule has 0 aromatic heterocycles. The molecule has 0 rings (SSSR count). The number of aliphatic hydroxyl groups is 4. The lowest BCUT2D eigenvalue weighted by molar-refractivity contribution is -0.132. The smallest absolute Gasteiger partial charge is 0.249 e. The van der Waals surface area contributed by atoms with Gasteiger partial charge >= 0.3 is 0 Å². The predicted octanol–water partition coefficient (Wildman–Crippen LogP) is 18.5. The Balaban J connectivity index is 3.65. The van der Waals surface area contributed by atoms with Crippen molar-refractivity contribution in [2.24, 2.45) is 0 Å². The highest BCUT2D eigenvalue weighted by molar-refractivity contribution is 5.80. The summed E-state index contributed by atoms with van der Waals surface area (Å²) in [5.41, 5.74) is 0. The van der Waals surface area contributed by atoms with E-state index in [9.17, 15) is 25.2 Å². The molecule has 0 aliphatic heterocycles. The summed E-state index contributed by atoms with van der Waals surface area (Å²) in [4.78, 5) is 12.6. The van der Waals surface area contributed by atoms with Gasteiger partial charge in [0.1, 0.15) is 12.2 Å². The van der Waals surface area contributed by atoms with E-state index < -0.39 is 36.9 Å². The average molecular weight is 985 g/mol. The van der Waals surface area contributed by atoms with Gasteiger partial charge in [-0.05, 0) is 83.5 Å². The van der Waals surface area contributed by atoms with Crippen molar-refractivity contribution >= 4 is 5.91 Å². The van der Waals surface area contributed by atoms with E-state index in [4.69, 9.17) is 0 Å². The van der Waals surface area contributed by atoms with Gasteiger partial charge in [-0.15, -0.1) is 0 Å². The van der Waals surface area contributed by atoms with Crippen molar-refractivity contribution in [1.29, 1.82) is 0 Å². The van der Waals surface area contributed by atoms with E-state index >= 15 is 0 Å². The summed E-state index contributed by atoms with van der Waals surface area (Å²) in [6.07, 6.45) is 74.9. The third-order valence-electron chi connectivity index (χ3n) is 14.5. The van der Waals surface area contributed by atoms with E-state index in [1.807, 2.05) is 0 Å². The second kappa shape index (κ2) is 58.2. The number of hydrogen-bond acceptors (Lipinski definition) is 5. The summed E-state index contributed by atoms with van der Waals surface area (Å²) < 4.78 is 0. The number of nitrogens with one attached hydrogen (secondary N) is 1. The maximum atomic E-state index is 12.6. The lowest BCUT2D eigenvalue weighted by atomic mass is 10.00. The van der Waals surface area contributed by atoms with Crippen LogP contribution in [0.15, 0.2) is 48.6 Å². The van der Waals surface area contributed by atoms with Crippen molar-refractivity contribution in [3.63, 3.8) is 0 Å². The molecule has 0 saturated heterocycles. The van der Waals surface area contributed by atoms with Gasteiger partial charge < -0.3 is 25.7 Å². The lowest BCUT2D eigenvalue weighted by Crippen LogP contribution is -2.53. The first-order chi connectivity index (χ1) is 34.5. The van der Waals surface area contributed by atoms with Crippen molar-refractivity contribution in [3.05, 3.63) is 48.6 Å². The number of hydrogen-bond donors (Lipinski definition) is 5. The first-order valence-corrected chi connectivity index (χ1v) is 31.0. The minimum Gasteiger partial charge on any atom is -0.394 e. The third kappa shape index (κ3) is 51.2. The molecule has 0 radical (unpaired) electrons. The fraction of sp³-hybridized carbons (Fsp3) is 0.859. The molecule has 1 amide bonds. The second-order valence-electron chi connectivity index (χ2n) is 21.4. The maximum absolute atomic E-state index is 12.6. The number of unbranched alkanes of at least 4 members (excludes halogenated alkanes) is 40. The van der Waals surface area contributed by atoms with Gasteiger partial charge in [0.15, 0.2) is 0 Å². The molecule has 0 aromatic rings. The Bertz CT molecular complexity index is 1150. The number of aliphatic hydroxyl groups excluding tert-OH is 4. The molecule has 6 nitrogen and oxygen atoms in total. The number of carbonyl (C=O) groups is 1. The minimum absolute atomic E-state index is 0.359. The molecule has 412 valence electrons. The van der Waals surface area contributed by atoms with E-state index in [1.165, 1.54) is 244 Å². The molecule has 0 spiro atoms. The van der Waals surface area contributed by atoms with Crippen LogP contribution in [0.3, 0.4) is 0 Å². The van der Waals surface area contributed by atoms with Gasteiger partial charge in [0.05, 0.1) is 18.8 Å². The summed E-state index contributed by atoms with van der Waals surface area (Å²) in [5.74, 6) is -0.595. The van der Waals surface area contributed by atoms with E-state index in [1.54, 1.807) is 0 Å². The molecule has 0 aliphatic carbocycles. The number of allylic oxidation sites excluding steroid dienone is 8. The molecule has 0 aliphatic rings. The fourth-order valence-electron chi connectivity index (χ4n) is 9.63. The summed E-state index contributed by atoms with van der Waals surface area (Å²) in [7, 11) is 0. The van der Waals surface area contributed by atoms with Gasteiger partial charge in [0, 0.05) is 0 Å². The van der Waals surface area contributed by atoms with Crippen molar-refractivity contribution in [1.82, 2.24) is 5.32 Å². The van der Waals surface area contributed by atoms with Crippen LogP contribution in [-0.4, -0.2) is 57.3 Å². The Morgan fingerprint density at radius 2 is 0.643 bits per heavy atom. The van der Waals surface area contributed by atoms with Crippen LogP contribution in [0.2, 0.25) is 0 Å². The number of carbonyl (C=O) groups excluding carboxylic acids is 1. The van der Waals surface area contributed by atoms with E-state index in [0.29, 0.717) is 19.3 Å². The van der Waals surface area contributed by atoms with Gasteiger partial charge in [0.2, 0.25) is 5.91 Å². The zero-order valence-electron chi connectivity index (χ0n) is 46.8. The Kier molecular flexibility index (Phi) is 56.7. The summed E-state index contributed by atoms with van der Waals surface area (Å²) in [6.45, 7) is 4.07. The van der Waals surface area contributed by atoms with Crippen LogP contribution in [-0.2, 0) is 4.79 Å². The van der Waals surface area contributed by atoms with Crippen LogP contribution in [0.4, 0.5) is 0 Å². The first kappa shape index (κ1) is 68.3. The number of rotatable bonds is 57. The Labute approximate surface area is 436 Å². The number of amides is 1. The highest BCUT2D eigenvalue weighted by Crippen LogP contribution is 2.17. The zero-order chi connectivity index (χ0) is 50.9. The second-order valence-corrected chi connectivity index (χ2v) is 21.4. The summed E-state index contributed by atoms with van der Waals surface area (Å²) >= 11 is 0. The van der Waals surface area contributed by atoms with E-state index in [-0.39, 0.29) is 0 Å². The average Bonchev–Trinajstić information content (AvgIpc) is 3.36. The van der Waals surface area contributed by atoms with Crippen LogP contribution in [0, 0.1) is 0 Å². The highest BCUT2D eigenvalue weighted by Gasteiger charge is 2.28. The van der Waals surface area contributed by atoms with E-state index in [0.717, 1.165) is 44.9 Å². The largest absolute Gasteiger partial charge is 0.394 e. The topological polar surface area (TPSA) is 110 Å². The molecule has 5 N–H and O–H groups in total. The Morgan fingerprint density at radius 1 is 0.357 bits per heavy atom. The highest BCUT2D eigenvalue weighted by atomic mass is 16.3. The van der Waals surface area contributed by atoms with Crippen LogP contribution in [0.25, 0.3) is 0 Å².